The normalized spacial score (nSPS) is 26.5. The average Bonchev–Trinajstić information content (AvgIpc) is 2.88. The van der Waals surface area contributed by atoms with Crippen LogP contribution in [0.25, 0.3) is 0 Å². The number of benzene rings is 2. The van der Waals surface area contributed by atoms with Gasteiger partial charge in [0.25, 0.3) is 0 Å². The van der Waals surface area contributed by atoms with Crippen LogP contribution in [0.4, 0.5) is 0 Å². The van der Waals surface area contributed by atoms with Gasteiger partial charge in [0.05, 0.1) is 0 Å². The van der Waals surface area contributed by atoms with Crippen molar-refractivity contribution in [2.75, 3.05) is 0 Å². The van der Waals surface area contributed by atoms with Crippen LogP contribution in [-0.2, 0) is 0 Å². The van der Waals surface area contributed by atoms with Crippen molar-refractivity contribution >= 4 is 0 Å². The van der Waals surface area contributed by atoms with Gasteiger partial charge in [-0.15, -0.1) is 0 Å². The number of phenolic OH excluding ortho intramolecular Hbond substituents is 1. The number of aryl methyl sites for hydroxylation is 1. The van der Waals surface area contributed by atoms with E-state index in [4.69, 9.17) is 0 Å². The molecule has 3 atom stereocenters. The van der Waals surface area contributed by atoms with Crippen LogP contribution in [-0.4, -0.2) is 5.11 Å². The van der Waals surface area contributed by atoms with Crippen LogP contribution in [0.3, 0.4) is 0 Å². The van der Waals surface area contributed by atoms with Gasteiger partial charge in [0.2, 0.25) is 0 Å². The quantitative estimate of drug-likeness (QED) is 0.743. The zero-order chi connectivity index (χ0) is 15.3. The third-order valence-corrected chi connectivity index (χ3v) is 5.93. The maximum Gasteiger partial charge on any atom is 0.121 e. The zero-order valence-electron chi connectivity index (χ0n) is 13.5. The minimum atomic E-state index is 0.466. The van der Waals surface area contributed by atoms with Gasteiger partial charge in [-0.05, 0) is 66.3 Å². The van der Waals surface area contributed by atoms with E-state index in [0.29, 0.717) is 23.5 Å². The summed E-state index contributed by atoms with van der Waals surface area (Å²) < 4.78 is 0. The summed E-state index contributed by atoms with van der Waals surface area (Å²) in [6, 6.07) is 13.2. The number of hydrogen-bond acceptors (Lipinski definition) is 1. The van der Waals surface area contributed by atoms with Crippen molar-refractivity contribution in [2.24, 2.45) is 5.92 Å². The molecule has 0 radical (unpaired) electrons. The van der Waals surface area contributed by atoms with E-state index in [-0.39, 0.29) is 0 Å². The number of hydrogen-bond donors (Lipinski definition) is 1. The summed E-state index contributed by atoms with van der Waals surface area (Å²) in [7, 11) is 0. The molecule has 0 saturated heterocycles. The summed E-state index contributed by atoms with van der Waals surface area (Å²) in [5, 5.41) is 10.5. The number of rotatable bonds is 1. The molecule has 0 aromatic heterocycles. The molecule has 1 heteroatoms. The van der Waals surface area contributed by atoms with Crippen LogP contribution < -0.4 is 0 Å². The molecule has 0 unspecified atom stereocenters. The molecule has 0 aliphatic heterocycles. The van der Waals surface area contributed by atoms with E-state index in [1.807, 2.05) is 6.92 Å². The standard InChI is InChI=1S/C21H24O/c1-13-12-18-16-10-6-7-11-17(16)20(15-8-4-3-5-9-15)19(18)14(2)21(13)22/h3-5,8-9,12,16-17,20,22H,6-7,10-11H2,1-2H3/t16-,17-,20+/m1/s1. The van der Waals surface area contributed by atoms with Crippen LogP contribution >= 0.6 is 0 Å². The zero-order valence-corrected chi connectivity index (χ0v) is 13.5. The highest BCUT2D eigenvalue weighted by Gasteiger charge is 2.43. The molecule has 0 heterocycles. The third kappa shape index (κ3) is 1.91. The van der Waals surface area contributed by atoms with Crippen molar-refractivity contribution in [1.29, 1.82) is 0 Å². The molecule has 2 aliphatic carbocycles. The van der Waals surface area contributed by atoms with Crippen molar-refractivity contribution in [1.82, 2.24) is 0 Å². The Morgan fingerprint density at radius 1 is 1.00 bits per heavy atom. The molecule has 2 aliphatic rings. The molecule has 1 N–H and O–H groups in total. The Kier molecular flexibility index (Phi) is 3.25. The Morgan fingerprint density at radius 3 is 2.50 bits per heavy atom. The van der Waals surface area contributed by atoms with Gasteiger partial charge in [-0.1, -0.05) is 49.2 Å². The number of aromatic hydroxyl groups is 1. The van der Waals surface area contributed by atoms with Crippen molar-refractivity contribution in [3.63, 3.8) is 0 Å². The van der Waals surface area contributed by atoms with Gasteiger partial charge in [-0.3, -0.25) is 0 Å². The van der Waals surface area contributed by atoms with Crippen molar-refractivity contribution in [3.05, 3.63) is 64.2 Å². The van der Waals surface area contributed by atoms with Gasteiger partial charge in [-0.25, -0.2) is 0 Å². The lowest BCUT2D eigenvalue weighted by molar-refractivity contribution is 0.308. The van der Waals surface area contributed by atoms with Crippen LogP contribution in [0, 0.1) is 19.8 Å². The van der Waals surface area contributed by atoms with Crippen LogP contribution in [0.1, 0.15) is 65.3 Å². The minimum absolute atomic E-state index is 0.466. The summed E-state index contributed by atoms with van der Waals surface area (Å²) in [5.41, 5.74) is 6.51. The number of phenols is 1. The Bertz CT molecular complexity index is 702. The van der Waals surface area contributed by atoms with E-state index >= 15 is 0 Å². The molecule has 2 aromatic carbocycles. The molecular weight excluding hydrogens is 268 g/mol. The molecule has 1 nitrogen and oxygen atoms in total. The third-order valence-electron chi connectivity index (χ3n) is 5.93. The molecule has 1 saturated carbocycles. The lowest BCUT2D eigenvalue weighted by Gasteiger charge is -2.30. The van der Waals surface area contributed by atoms with E-state index < -0.39 is 0 Å². The first kappa shape index (κ1) is 13.9. The highest BCUT2D eigenvalue weighted by Crippen LogP contribution is 2.57. The Hall–Kier alpha value is -1.76. The summed E-state index contributed by atoms with van der Waals surface area (Å²) in [5.74, 6) is 2.37. The molecular formula is C21H24O. The van der Waals surface area contributed by atoms with Crippen molar-refractivity contribution < 1.29 is 5.11 Å². The fourth-order valence-corrected chi connectivity index (χ4v) is 4.97. The Labute approximate surface area is 133 Å². The molecule has 22 heavy (non-hydrogen) atoms. The predicted octanol–water partition coefficient (Wildman–Crippen LogP) is 5.43. The van der Waals surface area contributed by atoms with Gasteiger partial charge in [0.15, 0.2) is 0 Å². The van der Waals surface area contributed by atoms with E-state index in [0.717, 1.165) is 11.1 Å². The molecule has 0 bridgehead atoms. The first-order chi connectivity index (χ1) is 10.7. The first-order valence-corrected chi connectivity index (χ1v) is 8.56. The fourth-order valence-electron chi connectivity index (χ4n) is 4.97. The molecule has 2 aromatic rings. The van der Waals surface area contributed by atoms with Gasteiger partial charge < -0.3 is 5.11 Å². The van der Waals surface area contributed by atoms with Crippen LogP contribution in [0.15, 0.2) is 36.4 Å². The van der Waals surface area contributed by atoms with Crippen LogP contribution in [0.5, 0.6) is 5.75 Å². The SMILES string of the molecule is Cc1cc2c(c(C)c1O)[C@@H](c1ccccc1)[C@@H]1CCCC[C@@H]21. The van der Waals surface area contributed by atoms with E-state index in [9.17, 15) is 5.11 Å². The molecule has 114 valence electrons. The largest absolute Gasteiger partial charge is 0.507 e. The Balaban J connectivity index is 1.94. The van der Waals surface area contributed by atoms with E-state index in [1.54, 1.807) is 0 Å². The van der Waals surface area contributed by atoms with Gasteiger partial charge in [-0.2, -0.15) is 0 Å². The van der Waals surface area contributed by atoms with Crippen molar-refractivity contribution in [3.8, 4) is 5.75 Å². The molecule has 1 fully saturated rings. The van der Waals surface area contributed by atoms with Gasteiger partial charge in [0.1, 0.15) is 5.75 Å². The minimum Gasteiger partial charge on any atom is -0.507 e. The highest BCUT2D eigenvalue weighted by molar-refractivity contribution is 5.57. The summed E-state index contributed by atoms with van der Waals surface area (Å²) >= 11 is 0. The number of fused-ring (bicyclic) bond motifs is 3. The summed E-state index contributed by atoms with van der Waals surface area (Å²) in [6.45, 7) is 4.14. The Morgan fingerprint density at radius 2 is 1.73 bits per heavy atom. The fraction of sp³-hybridized carbons (Fsp3) is 0.429. The maximum absolute atomic E-state index is 10.5. The second kappa shape index (κ2) is 5.15. The lowest BCUT2D eigenvalue weighted by atomic mass is 9.74. The molecule has 0 amide bonds. The van der Waals surface area contributed by atoms with Crippen LogP contribution in [0.2, 0.25) is 0 Å². The maximum atomic E-state index is 10.5. The monoisotopic (exact) mass is 292 g/mol. The van der Waals surface area contributed by atoms with Gasteiger partial charge >= 0.3 is 0 Å². The summed E-state index contributed by atoms with van der Waals surface area (Å²) in [6.07, 6.45) is 5.33. The van der Waals surface area contributed by atoms with E-state index in [2.05, 4.69) is 43.3 Å². The smallest absolute Gasteiger partial charge is 0.121 e. The molecule has 0 spiro atoms. The topological polar surface area (TPSA) is 20.2 Å². The summed E-state index contributed by atoms with van der Waals surface area (Å²) in [4.78, 5) is 0. The first-order valence-electron chi connectivity index (χ1n) is 8.56. The lowest BCUT2D eigenvalue weighted by Crippen LogP contribution is -2.17. The predicted molar refractivity (Wildman–Crippen MR) is 90.6 cm³/mol. The second-order valence-electron chi connectivity index (χ2n) is 7.11. The highest BCUT2D eigenvalue weighted by atomic mass is 16.3. The molecule has 4 rings (SSSR count). The van der Waals surface area contributed by atoms with E-state index in [1.165, 1.54) is 42.4 Å². The van der Waals surface area contributed by atoms with Crippen molar-refractivity contribution in [2.45, 2.75) is 51.4 Å². The second-order valence-corrected chi connectivity index (χ2v) is 7.11. The average molecular weight is 292 g/mol. The van der Waals surface area contributed by atoms with Gasteiger partial charge in [0, 0.05) is 5.92 Å².